The summed E-state index contributed by atoms with van der Waals surface area (Å²) in [6.45, 7) is 0.360. The van der Waals surface area contributed by atoms with E-state index in [0.717, 1.165) is 23.3 Å². The van der Waals surface area contributed by atoms with Gasteiger partial charge in [0.1, 0.15) is 12.4 Å². The second-order valence-electron chi connectivity index (χ2n) is 6.36. The van der Waals surface area contributed by atoms with E-state index in [1.807, 2.05) is 30.3 Å². The molecule has 0 N–H and O–H groups in total. The van der Waals surface area contributed by atoms with Gasteiger partial charge in [0, 0.05) is 17.2 Å². The molecule has 26 heavy (non-hydrogen) atoms. The molecule has 0 saturated heterocycles. The second-order valence-corrected chi connectivity index (χ2v) is 6.76. The van der Waals surface area contributed by atoms with Crippen LogP contribution in [0.3, 0.4) is 0 Å². The Bertz CT molecular complexity index is 881. The molecule has 2 aromatic rings. The van der Waals surface area contributed by atoms with Crippen LogP contribution in [-0.2, 0) is 16.2 Å². The van der Waals surface area contributed by atoms with Crippen LogP contribution in [0.5, 0.6) is 5.75 Å². The number of nitrogens with zero attached hydrogens (tertiary/aromatic N) is 2. The number of aromatic nitrogens is 1. The Balaban J connectivity index is 1.53. The quantitative estimate of drug-likeness (QED) is 0.763. The molecule has 0 saturated carbocycles. The van der Waals surface area contributed by atoms with Crippen molar-refractivity contribution >= 4 is 29.2 Å². The lowest BCUT2D eigenvalue weighted by Crippen LogP contribution is -2.32. The van der Waals surface area contributed by atoms with Gasteiger partial charge in [0.25, 0.3) is 11.8 Å². The molecule has 6 heteroatoms. The van der Waals surface area contributed by atoms with E-state index in [1.54, 1.807) is 0 Å². The predicted octanol–water partition coefficient (Wildman–Crippen LogP) is 4.06. The Labute approximate surface area is 156 Å². The first-order valence-corrected chi connectivity index (χ1v) is 8.96. The van der Waals surface area contributed by atoms with E-state index in [1.165, 1.54) is 12.3 Å². The number of anilines is 1. The molecule has 0 atom stereocenters. The maximum absolute atomic E-state index is 12.6. The first-order valence-electron chi connectivity index (χ1n) is 8.58. The number of hydrogen-bond donors (Lipinski definition) is 0. The van der Waals surface area contributed by atoms with Crippen molar-refractivity contribution in [3.8, 4) is 5.75 Å². The number of rotatable bonds is 4. The van der Waals surface area contributed by atoms with Crippen LogP contribution in [0.15, 0.2) is 53.7 Å². The van der Waals surface area contributed by atoms with E-state index >= 15 is 0 Å². The van der Waals surface area contributed by atoms with Gasteiger partial charge in [-0.15, -0.1) is 0 Å². The third-order valence-electron chi connectivity index (χ3n) is 4.66. The standard InChI is InChI=1S/C20H17ClN2O3/c21-16-10-18(22-11-17(16)26-12-13-6-2-1-3-7-13)23-19(24)14-8-4-5-9-15(14)20(23)25/h1-3,6-7,10-11H,4-5,8-9,12H2. The first-order chi connectivity index (χ1) is 12.6. The smallest absolute Gasteiger partial charge is 0.262 e. The molecule has 0 bridgehead atoms. The van der Waals surface area contributed by atoms with Crippen molar-refractivity contribution in [2.45, 2.75) is 32.3 Å². The summed E-state index contributed by atoms with van der Waals surface area (Å²) < 4.78 is 5.70. The maximum Gasteiger partial charge on any atom is 0.262 e. The van der Waals surface area contributed by atoms with Gasteiger partial charge >= 0.3 is 0 Å². The lowest BCUT2D eigenvalue weighted by atomic mass is 9.93. The molecular formula is C20H17ClN2O3. The Morgan fingerprint density at radius 3 is 2.31 bits per heavy atom. The zero-order valence-corrected chi connectivity index (χ0v) is 14.8. The third-order valence-corrected chi connectivity index (χ3v) is 4.96. The van der Waals surface area contributed by atoms with Gasteiger partial charge in [-0.3, -0.25) is 9.59 Å². The lowest BCUT2D eigenvalue weighted by molar-refractivity contribution is -0.120. The van der Waals surface area contributed by atoms with Crippen LogP contribution < -0.4 is 9.64 Å². The van der Waals surface area contributed by atoms with E-state index in [9.17, 15) is 9.59 Å². The number of carbonyl (C=O) groups excluding carboxylic acids is 2. The zero-order chi connectivity index (χ0) is 18.1. The number of carbonyl (C=O) groups is 2. The number of benzene rings is 1. The van der Waals surface area contributed by atoms with Crippen LogP contribution in [-0.4, -0.2) is 16.8 Å². The van der Waals surface area contributed by atoms with E-state index in [0.29, 0.717) is 41.4 Å². The monoisotopic (exact) mass is 368 g/mol. The molecule has 2 heterocycles. The molecule has 132 valence electrons. The fraction of sp³-hybridized carbons (Fsp3) is 0.250. The van der Waals surface area contributed by atoms with Crippen molar-refractivity contribution in [1.82, 2.24) is 4.98 Å². The van der Waals surface area contributed by atoms with Crippen LogP contribution in [0, 0.1) is 0 Å². The highest BCUT2D eigenvalue weighted by atomic mass is 35.5. The Hall–Kier alpha value is -2.66. The molecule has 5 nitrogen and oxygen atoms in total. The summed E-state index contributed by atoms with van der Waals surface area (Å²) in [5.41, 5.74) is 2.27. The highest BCUT2D eigenvalue weighted by molar-refractivity contribution is 6.34. The highest BCUT2D eigenvalue weighted by Crippen LogP contribution is 2.36. The maximum atomic E-state index is 12.6. The number of imide groups is 1. The molecule has 1 aromatic carbocycles. The molecule has 2 amide bonds. The van der Waals surface area contributed by atoms with Gasteiger partial charge in [0.05, 0.1) is 11.2 Å². The van der Waals surface area contributed by atoms with Gasteiger partial charge in [0.2, 0.25) is 0 Å². The van der Waals surface area contributed by atoms with Crippen molar-refractivity contribution in [3.63, 3.8) is 0 Å². The molecule has 1 aromatic heterocycles. The Morgan fingerprint density at radius 1 is 1.04 bits per heavy atom. The topological polar surface area (TPSA) is 59.5 Å². The van der Waals surface area contributed by atoms with E-state index < -0.39 is 0 Å². The number of ether oxygens (including phenoxy) is 1. The van der Waals surface area contributed by atoms with Crippen molar-refractivity contribution in [1.29, 1.82) is 0 Å². The number of halogens is 1. The zero-order valence-electron chi connectivity index (χ0n) is 14.1. The van der Waals surface area contributed by atoms with Crippen LogP contribution in [0.25, 0.3) is 0 Å². The summed E-state index contributed by atoms with van der Waals surface area (Å²) in [6, 6.07) is 11.2. The van der Waals surface area contributed by atoms with Gasteiger partial charge < -0.3 is 4.74 Å². The molecule has 1 aliphatic heterocycles. The minimum absolute atomic E-state index is 0.242. The molecular weight excluding hydrogens is 352 g/mol. The van der Waals surface area contributed by atoms with Gasteiger partial charge in [-0.1, -0.05) is 41.9 Å². The average Bonchev–Trinajstić information content (AvgIpc) is 2.93. The third kappa shape index (κ3) is 2.99. The number of hydrogen-bond acceptors (Lipinski definition) is 4. The van der Waals surface area contributed by atoms with E-state index in [4.69, 9.17) is 16.3 Å². The number of pyridine rings is 1. The van der Waals surface area contributed by atoms with Crippen LogP contribution in [0.2, 0.25) is 5.02 Å². The molecule has 1 aliphatic carbocycles. The van der Waals surface area contributed by atoms with Gasteiger partial charge in [-0.25, -0.2) is 9.88 Å². The van der Waals surface area contributed by atoms with Crippen LogP contribution in [0.4, 0.5) is 5.82 Å². The first kappa shape index (κ1) is 16.8. The highest BCUT2D eigenvalue weighted by Gasteiger charge is 2.40. The van der Waals surface area contributed by atoms with Crippen LogP contribution in [0.1, 0.15) is 31.2 Å². The summed E-state index contributed by atoms with van der Waals surface area (Å²) in [6.07, 6.45) is 4.64. The SMILES string of the molecule is O=C1C2=C(CCCC2)C(=O)N1c1cc(Cl)c(OCc2ccccc2)cn1. The van der Waals surface area contributed by atoms with Gasteiger partial charge in [-0.05, 0) is 31.2 Å². The fourth-order valence-corrected chi connectivity index (χ4v) is 3.52. The summed E-state index contributed by atoms with van der Waals surface area (Å²) in [4.78, 5) is 30.5. The molecule has 0 unspecified atom stereocenters. The molecule has 2 aliphatic rings. The van der Waals surface area contributed by atoms with Crippen LogP contribution >= 0.6 is 11.6 Å². The Morgan fingerprint density at radius 2 is 1.69 bits per heavy atom. The predicted molar refractivity (Wildman–Crippen MR) is 98.0 cm³/mol. The summed E-state index contributed by atoms with van der Waals surface area (Å²) in [5.74, 6) is 0.111. The Kier molecular flexibility index (Phi) is 4.47. The lowest BCUT2D eigenvalue weighted by Gasteiger charge is -2.15. The van der Waals surface area contributed by atoms with E-state index in [2.05, 4.69) is 4.98 Å². The molecule has 0 radical (unpaired) electrons. The minimum Gasteiger partial charge on any atom is -0.486 e. The van der Waals surface area contributed by atoms with Crippen molar-refractivity contribution in [2.75, 3.05) is 4.90 Å². The molecule has 0 fully saturated rings. The van der Waals surface area contributed by atoms with Crippen molar-refractivity contribution in [2.24, 2.45) is 0 Å². The summed E-state index contributed by atoms with van der Waals surface area (Å²) in [5, 5.41) is 0.316. The molecule has 0 spiro atoms. The van der Waals surface area contributed by atoms with Crippen molar-refractivity contribution in [3.05, 3.63) is 64.3 Å². The minimum atomic E-state index is -0.272. The second kappa shape index (κ2) is 6.92. The van der Waals surface area contributed by atoms with Gasteiger partial charge in [-0.2, -0.15) is 0 Å². The fourth-order valence-electron chi connectivity index (χ4n) is 3.32. The van der Waals surface area contributed by atoms with E-state index in [-0.39, 0.29) is 17.6 Å². The average molecular weight is 369 g/mol. The summed E-state index contributed by atoms with van der Waals surface area (Å²) >= 11 is 6.29. The largest absolute Gasteiger partial charge is 0.486 e. The normalized spacial score (nSPS) is 16.9. The summed E-state index contributed by atoms with van der Waals surface area (Å²) in [7, 11) is 0. The van der Waals surface area contributed by atoms with Crippen molar-refractivity contribution < 1.29 is 14.3 Å². The molecule has 4 rings (SSSR count). The van der Waals surface area contributed by atoms with Gasteiger partial charge in [0.15, 0.2) is 5.75 Å². The number of amides is 2.